The molecule has 2 atom stereocenters. The Kier molecular flexibility index (Phi) is 7.30. The molecular formula is C13H27N3S2. The second-order valence-electron chi connectivity index (χ2n) is 5.02. The van der Waals surface area contributed by atoms with Gasteiger partial charge in [0.25, 0.3) is 0 Å². The maximum atomic E-state index is 4.74. The fourth-order valence-electron chi connectivity index (χ4n) is 1.87. The molecule has 1 heterocycles. The van der Waals surface area contributed by atoms with E-state index in [-0.39, 0.29) is 0 Å². The zero-order valence-corrected chi connectivity index (χ0v) is 13.7. The van der Waals surface area contributed by atoms with Crippen molar-refractivity contribution in [1.29, 1.82) is 0 Å². The molecule has 106 valence electrons. The van der Waals surface area contributed by atoms with Gasteiger partial charge in [-0.2, -0.15) is 23.5 Å². The summed E-state index contributed by atoms with van der Waals surface area (Å²) in [7, 11) is 0. The van der Waals surface area contributed by atoms with Crippen LogP contribution in [0.2, 0.25) is 0 Å². The van der Waals surface area contributed by atoms with Crippen molar-refractivity contribution in [2.45, 2.75) is 43.6 Å². The molecule has 1 saturated heterocycles. The Hall–Kier alpha value is -0.0300. The summed E-state index contributed by atoms with van der Waals surface area (Å²) in [5, 5.41) is 7.36. The van der Waals surface area contributed by atoms with Gasteiger partial charge in [0, 0.05) is 23.1 Å². The summed E-state index contributed by atoms with van der Waals surface area (Å²) in [4.78, 5) is 4.74. The molecular weight excluding hydrogens is 262 g/mol. The van der Waals surface area contributed by atoms with Crippen LogP contribution < -0.4 is 10.6 Å². The van der Waals surface area contributed by atoms with Crippen molar-refractivity contribution >= 4 is 29.5 Å². The molecule has 1 aliphatic rings. The van der Waals surface area contributed by atoms with Gasteiger partial charge in [0.05, 0.1) is 6.54 Å². The van der Waals surface area contributed by atoms with Gasteiger partial charge in [-0.1, -0.05) is 6.92 Å². The Labute approximate surface area is 120 Å². The van der Waals surface area contributed by atoms with Gasteiger partial charge < -0.3 is 10.6 Å². The molecule has 2 unspecified atom stereocenters. The van der Waals surface area contributed by atoms with Gasteiger partial charge in [0.1, 0.15) is 0 Å². The Bertz CT molecular complexity index is 263. The van der Waals surface area contributed by atoms with Crippen molar-refractivity contribution in [3.63, 3.8) is 0 Å². The standard InChI is InChI=1S/C13H27N3S2/c1-5-14-12(15-9-11(2)17-4)16-10-13(3)7-6-8-18-13/h11H,5-10H2,1-4H3,(H2,14,15,16). The molecule has 3 nitrogen and oxygen atoms in total. The van der Waals surface area contributed by atoms with E-state index in [4.69, 9.17) is 4.99 Å². The van der Waals surface area contributed by atoms with E-state index in [0.29, 0.717) is 10.00 Å². The number of nitrogens with zero attached hydrogens (tertiary/aromatic N) is 1. The van der Waals surface area contributed by atoms with Gasteiger partial charge >= 0.3 is 0 Å². The summed E-state index contributed by atoms with van der Waals surface area (Å²) in [6.45, 7) is 9.49. The van der Waals surface area contributed by atoms with Crippen molar-refractivity contribution in [3.05, 3.63) is 0 Å². The summed E-state index contributed by atoms with van der Waals surface area (Å²) in [5.74, 6) is 2.26. The van der Waals surface area contributed by atoms with Crippen molar-refractivity contribution in [2.75, 3.05) is 31.6 Å². The van der Waals surface area contributed by atoms with Crippen LogP contribution >= 0.6 is 23.5 Å². The molecule has 0 aliphatic carbocycles. The summed E-state index contributed by atoms with van der Waals surface area (Å²) >= 11 is 3.94. The first-order valence-corrected chi connectivity index (χ1v) is 9.06. The highest BCUT2D eigenvalue weighted by Crippen LogP contribution is 2.37. The molecule has 1 fully saturated rings. The van der Waals surface area contributed by atoms with Crippen molar-refractivity contribution in [1.82, 2.24) is 10.6 Å². The number of nitrogens with one attached hydrogen (secondary N) is 2. The monoisotopic (exact) mass is 289 g/mol. The molecule has 18 heavy (non-hydrogen) atoms. The van der Waals surface area contributed by atoms with Crippen LogP contribution in [0.15, 0.2) is 4.99 Å². The minimum Gasteiger partial charge on any atom is -0.357 e. The third kappa shape index (κ3) is 5.74. The van der Waals surface area contributed by atoms with Crippen LogP contribution in [-0.2, 0) is 0 Å². The van der Waals surface area contributed by atoms with Crippen LogP contribution in [0.25, 0.3) is 0 Å². The lowest BCUT2D eigenvalue weighted by Gasteiger charge is -2.21. The summed E-state index contributed by atoms with van der Waals surface area (Å²) < 4.78 is 0.355. The Morgan fingerprint density at radius 2 is 2.28 bits per heavy atom. The van der Waals surface area contributed by atoms with Crippen LogP contribution in [0.1, 0.15) is 33.6 Å². The molecule has 1 rings (SSSR count). The largest absolute Gasteiger partial charge is 0.357 e. The van der Waals surface area contributed by atoms with Gasteiger partial charge in [-0.15, -0.1) is 0 Å². The van der Waals surface area contributed by atoms with Gasteiger partial charge in [-0.3, -0.25) is 4.99 Å². The summed E-state index contributed by atoms with van der Waals surface area (Å²) in [5.41, 5.74) is 0. The van der Waals surface area contributed by atoms with E-state index in [1.165, 1.54) is 18.6 Å². The highest BCUT2D eigenvalue weighted by atomic mass is 32.2. The average Bonchev–Trinajstić information content (AvgIpc) is 2.79. The summed E-state index contributed by atoms with van der Waals surface area (Å²) in [6.07, 6.45) is 4.78. The first-order valence-electron chi connectivity index (χ1n) is 6.78. The fraction of sp³-hybridized carbons (Fsp3) is 0.923. The normalized spacial score (nSPS) is 26.1. The average molecular weight is 290 g/mol. The van der Waals surface area contributed by atoms with Crippen molar-refractivity contribution in [2.24, 2.45) is 4.99 Å². The molecule has 2 N–H and O–H groups in total. The predicted octanol–water partition coefficient (Wildman–Crippen LogP) is 2.58. The molecule has 0 aromatic rings. The topological polar surface area (TPSA) is 36.4 Å². The molecule has 0 radical (unpaired) electrons. The van der Waals surface area contributed by atoms with E-state index < -0.39 is 0 Å². The van der Waals surface area contributed by atoms with Crippen molar-refractivity contribution in [3.8, 4) is 0 Å². The Balaban J connectivity index is 2.44. The van der Waals surface area contributed by atoms with Crippen LogP contribution in [0.3, 0.4) is 0 Å². The predicted molar refractivity (Wildman–Crippen MR) is 87.1 cm³/mol. The van der Waals surface area contributed by atoms with Crippen molar-refractivity contribution < 1.29 is 0 Å². The zero-order valence-electron chi connectivity index (χ0n) is 12.1. The maximum Gasteiger partial charge on any atom is 0.191 e. The number of aliphatic imine (C=N–C) groups is 1. The highest BCUT2D eigenvalue weighted by Gasteiger charge is 2.29. The minimum atomic E-state index is 0.355. The third-order valence-corrected chi connectivity index (χ3v) is 5.67. The van der Waals surface area contributed by atoms with Crippen LogP contribution in [-0.4, -0.2) is 47.6 Å². The Morgan fingerprint density at radius 1 is 1.50 bits per heavy atom. The first-order chi connectivity index (χ1) is 8.59. The van der Waals surface area contributed by atoms with E-state index in [9.17, 15) is 0 Å². The smallest absolute Gasteiger partial charge is 0.191 e. The molecule has 0 bridgehead atoms. The van der Waals surface area contributed by atoms with Gasteiger partial charge in [-0.25, -0.2) is 0 Å². The number of rotatable bonds is 6. The van der Waals surface area contributed by atoms with Crippen LogP contribution in [0.5, 0.6) is 0 Å². The SMILES string of the molecule is CCNC(=NCC1(C)CCCS1)NCC(C)SC. The van der Waals surface area contributed by atoms with Gasteiger partial charge in [0.2, 0.25) is 0 Å². The highest BCUT2D eigenvalue weighted by molar-refractivity contribution is 8.00. The first kappa shape index (κ1) is 16.0. The molecule has 0 aromatic carbocycles. The lowest BCUT2D eigenvalue weighted by molar-refractivity contribution is 0.614. The number of hydrogen-bond acceptors (Lipinski definition) is 3. The second-order valence-corrected chi connectivity index (χ2v) is 7.98. The fourth-order valence-corrected chi connectivity index (χ4v) is 3.35. The van der Waals surface area contributed by atoms with Crippen LogP contribution in [0, 0.1) is 0 Å². The van der Waals surface area contributed by atoms with E-state index in [1.54, 1.807) is 0 Å². The summed E-state index contributed by atoms with van der Waals surface area (Å²) in [6, 6.07) is 0. The lowest BCUT2D eigenvalue weighted by Crippen LogP contribution is -2.41. The molecule has 0 saturated carbocycles. The van der Waals surface area contributed by atoms with Crippen LogP contribution in [0.4, 0.5) is 0 Å². The number of hydrogen-bond donors (Lipinski definition) is 2. The number of thioether (sulfide) groups is 2. The second kappa shape index (κ2) is 8.20. The Morgan fingerprint density at radius 3 is 2.83 bits per heavy atom. The molecule has 0 spiro atoms. The molecule has 5 heteroatoms. The minimum absolute atomic E-state index is 0.355. The third-order valence-electron chi connectivity index (χ3n) is 3.18. The van der Waals surface area contributed by atoms with Gasteiger partial charge in [-0.05, 0) is 38.7 Å². The molecule has 1 aliphatic heterocycles. The lowest BCUT2D eigenvalue weighted by atomic mass is 10.1. The van der Waals surface area contributed by atoms with E-state index in [1.807, 2.05) is 11.8 Å². The number of guanidine groups is 1. The maximum absolute atomic E-state index is 4.74. The van der Waals surface area contributed by atoms with E-state index >= 15 is 0 Å². The van der Waals surface area contributed by atoms with E-state index in [2.05, 4.69) is 49.4 Å². The van der Waals surface area contributed by atoms with Gasteiger partial charge in [0.15, 0.2) is 5.96 Å². The zero-order chi connectivity index (χ0) is 13.4. The molecule has 0 aromatic heterocycles. The van der Waals surface area contributed by atoms with E-state index in [0.717, 1.165) is 25.6 Å². The molecule has 0 amide bonds. The quantitative estimate of drug-likeness (QED) is 0.582.